The maximum absolute atomic E-state index is 12.7. The average Bonchev–Trinajstić information content (AvgIpc) is 3.40. The largest absolute Gasteiger partial charge is 0.337 e. The lowest BCUT2D eigenvalue weighted by Gasteiger charge is -2.32. The van der Waals surface area contributed by atoms with Crippen LogP contribution in [0.5, 0.6) is 0 Å². The Morgan fingerprint density at radius 3 is 2.46 bits per heavy atom. The van der Waals surface area contributed by atoms with Crippen molar-refractivity contribution < 1.29 is 9.59 Å². The molecule has 7 nitrogen and oxygen atoms in total. The molecule has 150 valence electrons. The second-order valence-electron chi connectivity index (χ2n) is 7.66. The molecule has 3 amide bonds. The standard InChI is InChI=1S/C20H27N5O2S/c26-19(17-13-16(23-24-17)18-7-4-12-28-18)25-10-8-15(9-11-25)22-20(27)21-14-5-2-1-3-6-14/h4,7,12-15H,1-3,5-6,8-11H2,(H,23,24)(H2,21,22,27). The third kappa shape index (κ3) is 4.55. The third-order valence-corrected chi connectivity index (χ3v) is 6.54. The summed E-state index contributed by atoms with van der Waals surface area (Å²) in [6.07, 6.45) is 7.38. The van der Waals surface area contributed by atoms with Gasteiger partial charge in [0.25, 0.3) is 5.91 Å². The number of aromatic nitrogens is 2. The third-order valence-electron chi connectivity index (χ3n) is 5.64. The van der Waals surface area contributed by atoms with Crippen molar-refractivity contribution in [3.05, 3.63) is 29.3 Å². The van der Waals surface area contributed by atoms with Crippen molar-refractivity contribution in [1.82, 2.24) is 25.7 Å². The molecule has 1 saturated carbocycles. The first kappa shape index (κ1) is 19.0. The molecule has 0 unspecified atom stereocenters. The first-order valence-electron chi connectivity index (χ1n) is 10.1. The fourth-order valence-electron chi connectivity index (χ4n) is 4.04. The number of carbonyl (C=O) groups excluding carboxylic acids is 2. The number of piperidine rings is 1. The van der Waals surface area contributed by atoms with E-state index >= 15 is 0 Å². The van der Waals surface area contributed by atoms with Crippen molar-refractivity contribution in [2.45, 2.75) is 57.0 Å². The van der Waals surface area contributed by atoms with Gasteiger partial charge in [0.15, 0.2) is 5.69 Å². The smallest absolute Gasteiger partial charge is 0.315 e. The van der Waals surface area contributed by atoms with Crippen molar-refractivity contribution in [3.8, 4) is 10.6 Å². The van der Waals surface area contributed by atoms with E-state index in [1.54, 1.807) is 11.3 Å². The number of nitrogens with zero attached hydrogens (tertiary/aromatic N) is 2. The Morgan fingerprint density at radius 2 is 1.79 bits per heavy atom. The zero-order chi connectivity index (χ0) is 19.3. The molecule has 1 saturated heterocycles. The number of likely N-dealkylation sites (tertiary alicyclic amines) is 1. The molecule has 3 N–H and O–H groups in total. The van der Waals surface area contributed by atoms with Gasteiger partial charge in [0.1, 0.15) is 0 Å². The maximum Gasteiger partial charge on any atom is 0.315 e. The minimum atomic E-state index is -0.0652. The van der Waals surface area contributed by atoms with Gasteiger partial charge in [-0.25, -0.2) is 4.79 Å². The highest BCUT2D eigenvalue weighted by Crippen LogP contribution is 2.24. The number of H-pyrrole nitrogens is 1. The van der Waals surface area contributed by atoms with E-state index in [1.165, 1.54) is 19.3 Å². The zero-order valence-electron chi connectivity index (χ0n) is 15.9. The predicted molar refractivity (Wildman–Crippen MR) is 109 cm³/mol. The predicted octanol–water partition coefficient (Wildman–Crippen LogP) is 3.37. The molecule has 2 fully saturated rings. The van der Waals surface area contributed by atoms with E-state index in [-0.39, 0.29) is 18.0 Å². The van der Waals surface area contributed by atoms with E-state index in [1.807, 2.05) is 28.5 Å². The summed E-state index contributed by atoms with van der Waals surface area (Å²) in [4.78, 5) is 27.8. The van der Waals surface area contributed by atoms with Gasteiger partial charge in [-0.2, -0.15) is 5.10 Å². The molecule has 0 spiro atoms. The van der Waals surface area contributed by atoms with Gasteiger partial charge in [0.05, 0.1) is 10.6 Å². The van der Waals surface area contributed by atoms with Crippen molar-refractivity contribution in [2.75, 3.05) is 13.1 Å². The summed E-state index contributed by atoms with van der Waals surface area (Å²) in [6.45, 7) is 1.27. The molecule has 1 aliphatic heterocycles. The fourth-order valence-corrected chi connectivity index (χ4v) is 4.73. The summed E-state index contributed by atoms with van der Waals surface area (Å²) >= 11 is 1.61. The SMILES string of the molecule is O=C(NC1CCCCC1)NC1CCN(C(=O)c2cc(-c3cccs3)[nH]n2)CC1. The van der Waals surface area contributed by atoms with Crippen molar-refractivity contribution in [1.29, 1.82) is 0 Å². The summed E-state index contributed by atoms with van der Waals surface area (Å²) in [7, 11) is 0. The Kier molecular flexibility index (Phi) is 5.95. The maximum atomic E-state index is 12.7. The quantitative estimate of drug-likeness (QED) is 0.734. The summed E-state index contributed by atoms with van der Waals surface area (Å²) in [5.41, 5.74) is 1.32. The van der Waals surface area contributed by atoms with Crippen LogP contribution in [0.25, 0.3) is 10.6 Å². The summed E-state index contributed by atoms with van der Waals surface area (Å²) in [5.74, 6) is -0.0517. The molecule has 2 aliphatic rings. The van der Waals surface area contributed by atoms with Crippen LogP contribution in [0, 0.1) is 0 Å². The lowest BCUT2D eigenvalue weighted by atomic mass is 9.96. The Hall–Kier alpha value is -2.35. The number of hydrogen-bond donors (Lipinski definition) is 3. The van der Waals surface area contributed by atoms with Crippen LogP contribution in [0.15, 0.2) is 23.6 Å². The van der Waals surface area contributed by atoms with Crippen LogP contribution in [0.4, 0.5) is 4.79 Å². The van der Waals surface area contributed by atoms with Gasteiger partial charge in [-0.15, -0.1) is 11.3 Å². The van der Waals surface area contributed by atoms with Crippen LogP contribution in [-0.4, -0.2) is 52.2 Å². The lowest BCUT2D eigenvalue weighted by molar-refractivity contribution is 0.0702. The van der Waals surface area contributed by atoms with Gasteiger partial charge in [0, 0.05) is 25.2 Å². The molecule has 0 aromatic carbocycles. The Balaban J connectivity index is 1.24. The highest BCUT2D eigenvalue weighted by atomic mass is 32.1. The second-order valence-corrected chi connectivity index (χ2v) is 8.61. The topological polar surface area (TPSA) is 90.1 Å². The van der Waals surface area contributed by atoms with E-state index in [0.29, 0.717) is 24.8 Å². The highest BCUT2D eigenvalue weighted by Gasteiger charge is 2.26. The van der Waals surface area contributed by atoms with Gasteiger partial charge in [0.2, 0.25) is 0 Å². The van der Waals surface area contributed by atoms with E-state index in [2.05, 4.69) is 20.8 Å². The normalized spacial score (nSPS) is 18.8. The van der Waals surface area contributed by atoms with Crippen molar-refractivity contribution in [2.24, 2.45) is 0 Å². The number of urea groups is 1. The number of amides is 3. The molecule has 28 heavy (non-hydrogen) atoms. The minimum absolute atomic E-state index is 0.0517. The highest BCUT2D eigenvalue weighted by molar-refractivity contribution is 7.13. The van der Waals surface area contributed by atoms with Crippen LogP contribution < -0.4 is 10.6 Å². The number of nitrogens with one attached hydrogen (secondary N) is 3. The monoisotopic (exact) mass is 401 g/mol. The van der Waals surface area contributed by atoms with Gasteiger partial charge < -0.3 is 15.5 Å². The first-order chi connectivity index (χ1) is 13.7. The Morgan fingerprint density at radius 1 is 1.07 bits per heavy atom. The van der Waals surface area contributed by atoms with Gasteiger partial charge in [-0.05, 0) is 43.2 Å². The van der Waals surface area contributed by atoms with Crippen LogP contribution in [0.2, 0.25) is 0 Å². The Bertz CT molecular complexity index is 789. The minimum Gasteiger partial charge on any atom is -0.337 e. The number of thiophene rings is 1. The molecular formula is C20H27N5O2S. The molecule has 2 aromatic rings. The van der Waals surface area contributed by atoms with Crippen molar-refractivity contribution >= 4 is 23.3 Å². The number of hydrogen-bond acceptors (Lipinski definition) is 4. The van der Waals surface area contributed by atoms with E-state index in [0.717, 1.165) is 36.3 Å². The molecule has 8 heteroatoms. The lowest BCUT2D eigenvalue weighted by Crippen LogP contribution is -2.51. The molecular weight excluding hydrogens is 374 g/mol. The van der Waals surface area contributed by atoms with E-state index in [4.69, 9.17) is 0 Å². The van der Waals surface area contributed by atoms with Crippen LogP contribution in [-0.2, 0) is 0 Å². The van der Waals surface area contributed by atoms with Crippen LogP contribution >= 0.6 is 11.3 Å². The molecule has 3 heterocycles. The first-order valence-corrected chi connectivity index (χ1v) is 11.0. The number of aromatic amines is 1. The van der Waals surface area contributed by atoms with Crippen LogP contribution in [0.1, 0.15) is 55.4 Å². The molecule has 0 atom stereocenters. The molecule has 0 radical (unpaired) electrons. The molecule has 2 aromatic heterocycles. The summed E-state index contributed by atoms with van der Waals surface area (Å²) in [5, 5.41) is 15.3. The average molecular weight is 402 g/mol. The number of carbonyl (C=O) groups is 2. The van der Waals surface area contributed by atoms with Gasteiger partial charge >= 0.3 is 6.03 Å². The van der Waals surface area contributed by atoms with Crippen LogP contribution in [0.3, 0.4) is 0 Å². The summed E-state index contributed by atoms with van der Waals surface area (Å²) in [6, 6.07) is 6.16. The molecule has 0 bridgehead atoms. The second kappa shape index (κ2) is 8.77. The summed E-state index contributed by atoms with van der Waals surface area (Å²) < 4.78 is 0. The van der Waals surface area contributed by atoms with E-state index < -0.39 is 0 Å². The van der Waals surface area contributed by atoms with Crippen molar-refractivity contribution in [3.63, 3.8) is 0 Å². The number of rotatable bonds is 4. The molecule has 1 aliphatic carbocycles. The Labute approximate surface area is 168 Å². The fraction of sp³-hybridized carbons (Fsp3) is 0.550. The molecule has 4 rings (SSSR count). The van der Waals surface area contributed by atoms with E-state index in [9.17, 15) is 9.59 Å². The zero-order valence-corrected chi connectivity index (χ0v) is 16.8. The van der Waals surface area contributed by atoms with Gasteiger partial charge in [-0.3, -0.25) is 9.89 Å². The van der Waals surface area contributed by atoms with Gasteiger partial charge in [-0.1, -0.05) is 25.3 Å².